The van der Waals surface area contributed by atoms with E-state index in [1.54, 1.807) is 24.3 Å². The van der Waals surface area contributed by atoms with Crippen LogP contribution in [0.5, 0.6) is 0 Å². The van der Waals surface area contributed by atoms with E-state index in [-0.39, 0.29) is 10.8 Å². The molecule has 9 rings (SSSR count). The number of anilines is 2. The van der Waals surface area contributed by atoms with Gasteiger partial charge in [-0.15, -0.1) is 0 Å². The van der Waals surface area contributed by atoms with Crippen LogP contribution in [0.4, 0.5) is 11.4 Å². The summed E-state index contributed by atoms with van der Waals surface area (Å²) in [6, 6.07) is 22.6. The second-order valence-electron chi connectivity index (χ2n) is 16.1. The van der Waals surface area contributed by atoms with Crippen molar-refractivity contribution in [3.05, 3.63) is 124 Å². The third-order valence-corrected chi connectivity index (χ3v) is 13.3. The van der Waals surface area contributed by atoms with Gasteiger partial charge in [-0.2, -0.15) is 0 Å². The number of halogens is 4. The summed E-state index contributed by atoms with van der Waals surface area (Å²) in [6.45, 7) is 12.6. The third-order valence-electron chi connectivity index (χ3n) is 10.8. The quantitative estimate of drug-likeness (QED) is 0.0983. The molecule has 0 atom stereocenters. The number of carbonyl (C=O) groups is 4. The molecule has 0 spiro atoms. The highest BCUT2D eigenvalue weighted by molar-refractivity contribution is 9.11. The summed E-state index contributed by atoms with van der Waals surface area (Å²) in [6.07, 6.45) is 0. The molecule has 0 radical (unpaired) electrons. The first-order valence-corrected chi connectivity index (χ1v) is 20.5. The first-order chi connectivity index (χ1) is 25.4. The Labute approximate surface area is 344 Å². The lowest BCUT2D eigenvalue weighted by molar-refractivity contribution is 0.0877. The molecule has 6 nitrogen and oxygen atoms in total. The molecule has 0 aromatic heterocycles. The number of carbonyl (C=O) groups excluding carboxylic acids is 4. The van der Waals surface area contributed by atoms with E-state index in [1.807, 2.05) is 48.5 Å². The van der Waals surface area contributed by atoms with Crippen molar-refractivity contribution in [2.45, 2.75) is 52.4 Å². The lowest BCUT2D eigenvalue weighted by Gasteiger charge is -2.32. The van der Waals surface area contributed by atoms with Gasteiger partial charge in [-0.05, 0) is 167 Å². The predicted molar refractivity (Wildman–Crippen MR) is 231 cm³/mol. The first-order valence-electron chi connectivity index (χ1n) is 17.4. The molecule has 0 N–H and O–H groups in total. The number of amides is 4. The average molecular weight is 970 g/mol. The van der Waals surface area contributed by atoms with Crippen molar-refractivity contribution < 1.29 is 19.2 Å². The van der Waals surface area contributed by atoms with Gasteiger partial charge in [-0.3, -0.25) is 19.2 Å². The van der Waals surface area contributed by atoms with Crippen LogP contribution < -0.4 is 9.80 Å². The maximum atomic E-state index is 14.4. The summed E-state index contributed by atoms with van der Waals surface area (Å²) in [5.41, 5.74) is 4.40. The molecule has 0 fully saturated rings. The lowest BCUT2D eigenvalue weighted by atomic mass is 9.82. The van der Waals surface area contributed by atoms with Crippen molar-refractivity contribution in [1.29, 1.82) is 0 Å². The standard InChI is InChI=1S/C44H30Br4N2O4/c1-43(2,3)19-15-29(45)37(30(46)16-19)49-39(51)25-11-7-21-23-9-13-27-36-28(14-10-24(34(23)36)22-8-12-26(40(49)52)35(25)33(21)22)42(54)50(41(27)53)38-31(47)17-20(18-32(38)48)44(4,5)6/h7-18H,1-6H3. The van der Waals surface area contributed by atoms with Crippen molar-refractivity contribution in [3.8, 4) is 0 Å². The monoisotopic (exact) mass is 966 g/mol. The van der Waals surface area contributed by atoms with Gasteiger partial charge in [0.1, 0.15) is 0 Å². The molecule has 4 amide bonds. The van der Waals surface area contributed by atoms with Crippen LogP contribution in [0.3, 0.4) is 0 Å². The number of fused-ring (bicyclic) bond motifs is 2. The molecule has 2 heterocycles. The molecule has 0 saturated heterocycles. The fourth-order valence-corrected chi connectivity index (χ4v) is 11.2. The Balaban J connectivity index is 1.24. The summed E-state index contributed by atoms with van der Waals surface area (Å²) >= 11 is 14.7. The van der Waals surface area contributed by atoms with Gasteiger partial charge >= 0.3 is 0 Å². The van der Waals surface area contributed by atoms with Gasteiger partial charge < -0.3 is 0 Å². The number of hydrogen-bond acceptors (Lipinski definition) is 4. The largest absolute Gasteiger partial charge is 0.268 e. The molecular formula is C44H30Br4N2O4. The SMILES string of the molecule is CC(C)(C)c1cc(Br)c(N2C(=O)c3ccc4c5ccc6c7c(ccc(c8ccc(c3c48)C2=O)c75)C(=O)N(c2c(Br)cc(C(C)(C)C)cc2Br)C6=O)c(Br)c1. The zero-order valence-electron chi connectivity index (χ0n) is 30.0. The minimum absolute atomic E-state index is 0.149. The maximum absolute atomic E-state index is 14.4. The molecule has 54 heavy (non-hydrogen) atoms. The summed E-state index contributed by atoms with van der Waals surface area (Å²) in [4.78, 5) is 60.2. The molecule has 10 heteroatoms. The van der Waals surface area contributed by atoms with Gasteiger partial charge in [0.25, 0.3) is 23.6 Å². The van der Waals surface area contributed by atoms with Crippen LogP contribution in [-0.2, 0) is 10.8 Å². The molecule has 7 aromatic rings. The fraction of sp³-hybridized carbons (Fsp3) is 0.182. The Bertz CT molecular complexity index is 2570. The number of nitrogens with zero attached hydrogens (tertiary/aromatic N) is 2. The fourth-order valence-electron chi connectivity index (χ4n) is 8.10. The van der Waals surface area contributed by atoms with Crippen molar-refractivity contribution in [3.63, 3.8) is 0 Å². The van der Waals surface area contributed by atoms with Gasteiger partial charge in [-0.25, -0.2) is 9.80 Å². The molecule has 2 aliphatic rings. The zero-order valence-corrected chi connectivity index (χ0v) is 36.3. The third kappa shape index (κ3) is 4.85. The maximum Gasteiger partial charge on any atom is 0.266 e. The van der Waals surface area contributed by atoms with E-state index in [9.17, 15) is 19.2 Å². The number of benzene rings is 7. The molecule has 0 saturated carbocycles. The van der Waals surface area contributed by atoms with E-state index in [2.05, 4.69) is 105 Å². The Hall–Kier alpha value is -3.96. The van der Waals surface area contributed by atoms with E-state index >= 15 is 0 Å². The van der Waals surface area contributed by atoms with Gasteiger partial charge in [0, 0.05) is 50.9 Å². The topological polar surface area (TPSA) is 74.8 Å². The summed E-state index contributed by atoms with van der Waals surface area (Å²) < 4.78 is 2.54. The van der Waals surface area contributed by atoms with Crippen molar-refractivity contribution in [2.75, 3.05) is 9.80 Å². The van der Waals surface area contributed by atoms with Crippen molar-refractivity contribution in [2.24, 2.45) is 0 Å². The Kier molecular flexibility index (Phi) is 7.79. The van der Waals surface area contributed by atoms with Crippen LogP contribution in [0.25, 0.3) is 43.1 Å². The predicted octanol–water partition coefficient (Wildman–Crippen LogP) is 13.0. The molecule has 0 bridgehead atoms. The highest BCUT2D eigenvalue weighted by Gasteiger charge is 2.40. The summed E-state index contributed by atoms with van der Waals surface area (Å²) in [7, 11) is 0. The Morgan fingerprint density at radius 1 is 0.389 bits per heavy atom. The van der Waals surface area contributed by atoms with Crippen molar-refractivity contribution >= 4 is 142 Å². The number of rotatable bonds is 2. The molecule has 2 aliphatic heterocycles. The Morgan fingerprint density at radius 2 is 0.630 bits per heavy atom. The second-order valence-corrected chi connectivity index (χ2v) is 19.5. The smallest absolute Gasteiger partial charge is 0.266 e. The second kappa shape index (κ2) is 11.8. The molecule has 0 aliphatic carbocycles. The van der Waals surface area contributed by atoms with Crippen LogP contribution in [0, 0.1) is 0 Å². The van der Waals surface area contributed by atoms with E-state index in [1.165, 1.54) is 9.80 Å². The van der Waals surface area contributed by atoms with Crippen LogP contribution in [0.1, 0.15) is 94.1 Å². The average Bonchev–Trinajstić information content (AvgIpc) is 3.10. The highest BCUT2D eigenvalue weighted by Crippen LogP contribution is 2.49. The van der Waals surface area contributed by atoms with Crippen LogP contribution >= 0.6 is 63.7 Å². The minimum Gasteiger partial charge on any atom is -0.268 e. The van der Waals surface area contributed by atoms with Crippen LogP contribution in [0.2, 0.25) is 0 Å². The minimum atomic E-state index is -0.415. The van der Waals surface area contributed by atoms with Gasteiger partial charge in [0.05, 0.1) is 11.4 Å². The highest BCUT2D eigenvalue weighted by atomic mass is 79.9. The number of hydrogen-bond donors (Lipinski definition) is 0. The van der Waals surface area contributed by atoms with Gasteiger partial charge in [-0.1, -0.05) is 65.8 Å². The Morgan fingerprint density at radius 3 is 0.852 bits per heavy atom. The molecule has 268 valence electrons. The summed E-state index contributed by atoms with van der Waals surface area (Å²) in [5.74, 6) is -1.66. The van der Waals surface area contributed by atoms with Crippen LogP contribution in [0.15, 0.2) is 90.7 Å². The lowest BCUT2D eigenvalue weighted by Crippen LogP contribution is -2.41. The number of imide groups is 2. The molecule has 0 unspecified atom stereocenters. The van der Waals surface area contributed by atoms with E-state index in [4.69, 9.17) is 0 Å². The molecular weight excluding hydrogens is 940 g/mol. The normalized spacial score (nSPS) is 14.9. The zero-order chi connectivity index (χ0) is 38.5. The summed E-state index contributed by atoms with van der Waals surface area (Å²) in [5, 5.41) is 6.12. The molecule has 7 aromatic carbocycles. The first kappa shape index (κ1) is 35.7. The van der Waals surface area contributed by atoms with Crippen molar-refractivity contribution in [1.82, 2.24) is 0 Å². The van der Waals surface area contributed by atoms with Gasteiger partial charge in [0.15, 0.2) is 0 Å². The van der Waals surface area contributed by atoms with Crippen LogP contribution in [-0.4, -0.2) is 23.6 Å². The van der Waals surface area contributed by atoms with Gasteiger partial charge in [0.2, 0.25) is 0 Å². The van der Waals surface area contributed by atoms with E-state index in [0.717, 1.165) is 43.4 Å². The van der Waals surface area contributed by atoms with E-state index in [0.29, 0.717) is 62.3 Å². The van der Waals surface area contributed by atoms with E-state index < -0.39 is 23.6 Å².